The van der Waals surface area contributed by atoms with Gasteiger partial charge in [-0.25, -0.2) is 4.79 Å². The molecule has 1 fully saturated rings. The maximum Gasteiger partial charge on any atom is 0.407 e. The second-order valence-electron chi connectivity index (χ2n) is 6.03. The molecule has 0 saturated carbocycles. The molecule has 6 heteroatoms. The van der Waals surface area contributed by atoms with Crippen molar-refractivity contribution >= 4 is 23.8 Å². The lowest BCUT2D eigenvalue weighted by atomic mass is 10.2. The lowest BCUT2D eigenvalue weighted by Gasteiger charge is -2.21. The predicted molar refractivity (Wildman–Crippen MR) is 86.5 cm³/mol. The molecule has 0 aromatic heterocycles. The van der Waals surface area contributed by atoms with E-state index in [4.69, 9.17) is 4.74 Å². The van der Waals surface area contributed by atoms with Crippen LogP contribution in [0.2, 0.25) is 0 Å². The van der Waals surface area contributed by atoms with E-state index in [1.165, 1.54) is 0 Å². The van der Waals surface area contributed by atoms with Crippen molar-refractivity contribution in [1.82, 2.24) is 10.2 Å². The van der Waals surface area contributed by atoms with Crippen LogP contribution in [0.5, 0.6) is 0 Å². The molecule has 0 unspecified atom stereocenters. The first-order valence-corrected chi connectivity index (χ1v) is 8.46. The van der Waals surface area contributed by atoms with Crippen molar-refractivity contribution in [3.8, 4) is 0 Å². The summed E-state index contributed by atoms with van der Waals surface area (Å²) < 4.78 is 5.14. The van der Waals surface area contributed by atoms with Gasteiger partial charge in [-0.05, 0) is 39.9 Å². The lowest BCUT2D eigenvalue weighted by Crippen LogP contribution is -2.34. The highest BCUT2D eigenvalue weighted by Crippen LogP contribution is 2.12. The number of hydrogen-bond donors (Lipinski definition) is 1. The Bertz CT molecular complexity index is 394. The highest BCUT2D eigenvalue weighted by molar-refractivity contribution is 7.99. The Morgan fingerprint density at radius 2 is 2.00 bits per heavy atom. The first kappa shape index (κ1) is 17.9. The van der Waals surface area contributed by atoms with E-state index in [9.17, 15) is 9.59 Å². The maximum atomic E-state index is 12.3. The van der Waals surface area contributed by atoms with E-state index in [-0.39, 0.29) is 5.91 Å². The fraction of sp³-hybridized carbons (Fsp3) is 0.733. The fourth-order valence-electron chi connectivity index (χ4n) is 1.89. The standard InChI is InChI=1S/C15H26N2O3S/c1-12(6-7-16-14(19)20-15(2,3)4)13(18)17-8-5-10-21-11-9-17/h6H,5,7-11H2,1-4H3,(H,16,19)/b12-6+. The Labute approximate surface area is 131 Å². The minimum Gasteiger partial charge on any atom is -0.444 e. The van der Waals surface area contributed by atoms with Gasteiger partial charge in [0.1, 0.15) is 5.60 Å². The third-order valence-corrected chi connectivity index (χ3v) is 3.95. The zero-order valence-corrected chi connectivity index (χ0v) is 14.2. The van der Waals surface area contributed by atoms with E-state index in [0.29, 0.717) is 12.1 Å². The molecule has 0 atom stereocenters. The molecule has 21 heavy (non-hydrogen) atoms. The average Bonchev–Trinajstić information content (AvgIpc) is 2.64. The molecule has 1 saturated heterocycles. The number of hydrogen-bond acceptors (Lipinski definition) is 4. The van der Waals surface area contributed by atoms with E-state index in [1.54, 1.807) is 13.0 Å². The van der Waals surface area contributed by atoms with Gasteiger partial charge in [-0.15, -0.1) is 0 Å². The van der Waals surface area contributed by atoms with E-state index < -0.39 is 11.7 Å². The fourth-order valence-corrected chi connectivity index (χ4v) is 2.77. The summed E-state index contributed by atoms with van der Waals surface area (Å²) in [5.41, 5.74) is 0.153. The van der Waals surface area contributed by atoms with E-state index in [0.717, 1.165) is 31.0 Å². The Kier molecular flexibility index (Phi) is 7.08. The summed E-state index contributed by atoms with van der Waals surface area (Å²) in [4.78, 5) is 25.6. The molecule has 1 heterocycles. The van der Waals surface area contributed by atoms with Crippen LogP contribution in [-0.4, -0.2) is 53.6 Å². The molecule has 0 aromatic rings. The van der Waals surface area contributed by atoms with Crippen molar-refractivity contribution in [2.45, 2.75) is 39.7 Å². The molecule has 0 radical (unpaired) electrons. The van der Waals surface area contributed by atoms with Crippen LogP contribution in [0.3, 0.4) is 0 Å². The summed E-state index contributed by atoms with van der Waals surface area (Å²) in [5.74, 6) is 2.17. The summed E-state index contributed by atoms with van der Waals surface area (Å²) in [6.45, 7) is 9.15. The van der Waals surface area contributed by atoms with Crippen LogP contribution in [0, 0.1) is 0 Å². The van der Waals surface area contributed by atoms with Crippen molar-refractivity contribution in [2.75, 3.05) is 31.1 Å². The zero-order valence-electron chi connectivity index (χ0n) is 13.4. The van der Waals surface area contributed by atoms with Crippen molar-refractivity contribution in [3.63, 3.8) is 0 Å². The minimum absolute atomic E-state index is 0.0588. The molecular weight excluding hydrogens is 288 g/mol. The third kappa shape index (κ3) is 7.41. The topological polar surface area (TPSA) is 58.6 Å². The van der Waals surface area contributed by atoms with Gasteiger partial charge in [0.15, 0.2) is 0 Å². The molecule has 5 nitrogen and oxygen atoms in total. The second-order valence-corrected chi connectivity index (χ2v) is 7.25. The van der Waals surface area contributed by atoms with Gasteiger partial charge in [0.25, 0.3) is 0 Å². The molecule has 0 aliphatic carbocycles. The van der Waals surface area contributed by atoms with Crippen LogP contribution < -0.4 is 5.32 Å². The largest absolute Gasteiger partial charge is 0.444 e. The van der Waals surface area contributed by atoms with Crippen LogP contribution in [0.1, 0.15) is 34.1 Å². The number of amides is 2. The van der Waals surface area contributed by atoms with Crippen LogP contribution in [-0.2, 0) is 9.53 Å². The quantitative estimate of drug-likeness (QED) is 0.813. The smallest absolute Gasteiger partial charge is 0.407 e. The van der Waals surface area contributed by atoms with Crippen LogP contribution >= 0.6 is 11.8 Å². The summed E-state index contributed by atoms with van der Waals surface area (Å²) in [5, 5.41) is 2.63. The minimum atomic E-state index is -0.512. The van der Waals surface area contributed by atoms with E-state index >= 15 is 0 Å². The number of nitrogens with zero attached hydrogens (tertiary/aromatic N) is 1. The predicted octanol–water partition coefficient (Wildman–Crippen LogP) is 2.42. The molecule has 2 amide bonds. The van der Waals surface area contributed by atoms with Gasteiger partial charge < -0.3 is 15.0 Å². The van der Waals surface area contributed by atoms with E-state index in [2.05, 4.69) is 5.32 Å². The van der Waals surface area contributed by atoms with Crippen LogP contribution in [0.4, 0.5) is 4.79 Å². The molecule has 1 aliphatic heterocycles. The number of alkyl carbamates (subject to hydrolysis) is 1. The Balaban J connectivity index is 2.41. The molecule has 120 valence electrons. The van der Waals surface area contributed by atoms with Crippen molar-refractivity contribution in [1.29, 1.82) is 0 Å². The zero-order chi connectivity index (χ0) is 15.9. The number of ether oxygens (including phenoxy) is 1. The molecule has 1 rings (SSSR count). The van der Waals surface area contributed by atoms with Gasteiger partial charge in [0.05, 0.1) is 0 Å². The number of carbonyl (C=O) groups is 2. The number of rotatable bonds is 3. The molecular formula is C15H26N2O3S. The molecule has 1 N–H and O–H groups in total. The highest BCUT2D eigenvalue weighted by Gasteiger charge is 2.17. The summed E-state index contributed by atoms with van der Waals surface area (Å²) in [7, 11) is 0. The van der Waals surface area contributed by atoms with E-state index in [1.807, 2.05) is 37.4 Å². The molecule has 0 spiro atoms. The SMILES string of the molecule is C/C(=C\CNC(=O)OC(C)(C)C)C(=O)N1CCCSCC1. The van der Waals surface area contributed by atoms with Gasteiger partial charge in [-0.2, -0.15) is 11.8 Å². The first-order chi connectivity index (χ1) is 9.79. The Morgan fingerprint density at radius 3 is 2.67 bits per heavy atom. The third-order valence-electron chi connectivity index (χ3n) is 2.90. The van der Waals surface area contributed by atoms with Crippen molar-refractivity contribution < 1.29 is 14.3 Å². The molecule has 0 bridgehead atoms. The normalized spacial score (nSPS) is 17.1. The van der Waals surface area contributed by atoms with Crippen LogP contribution in [0.25, 0.3) is 0 Å². The number of thioether (sulfide) groups is 1. The summed E-state index contributed by atoms with van der Waals surface area (Å²) in [6.07, 6.45) is 2.31. The summed E-state index contributed by atoms with van der Waals surface area (Å²) in [6, 6.07) is 0. The van der Waals surface area contributed by atoms with Gasteiger partial charge in [0.2, 0.25) is 5.91 Å². The molecule has 0 aromatic carbocycles. The first-order valence-electron chi connectivity index (χ1n) is 7.30. The Morgan fingerprint density at radius 1 is 1.29 bits per heavy atom. The van der Waals surface area contributed by atoms with Crippen molar-refractivity contribution in [2.24, 2.45) is 0 Å². The summed E-state index contributed by atoms with van der Waals surface area (Å²) >= 11 is 1.89. The lowest BCUT2D eigenvalue weighted by molar-refractivity contribution is -0.126. The maximum absolute atomic E-state index is 12.3. The number of carbonyl (C=O) groups excluding carboxylic acids is 2. The Hall–Kier alpha value is -1.17. The van der Waals surface area contributed by atoms with Gasteiger partial charge >= 0.3 is 6.09 Å². The molecule has 1 aliphatic rings. The van der Waals surface area contributed by atoms with Crippen LogP contribution in [0.15, 0.2) is 11.6 Å². The van der Waals surface area contributed by atoms with Gasteiger partial charge in [-0.1, -0.05) is 6.08 Å². The monoisotopic (exact) mass is 314 g/mol. The average molecular weight is 314 g/mol. The highest BCUT2D eigenvalue weighted by atomic mass is 32.2. The van der Waals surface area contributed by atoms with Gasteiger partial charge in [0, 0.05) is 31.0 Å². The van der Waals surface area contributed by atoms with Crippen molar-refractivity contribution in [3.05, 3.63) is 11.6 Å². The van der Waals surface area contributed by atoms with Gasteiger partial charge in [-0.3, -0.25) is 4.79 Å². The number of nitrogens with one attached hydrogen (secondary N) is 1. The second kappa shape index (κ2) is 8.32.